The Balaban J connectivity index is 1.59. The number of piperazine rings is 1. The van der Waals surface area contributed by atoms with E-state index in [1.165, 1.54) is 5.56 Å². The summed E-state index contributed by atoms with van der Waals surface area (Å²) in [4.78, 5) is 6.71. The maximum Gasteiger partial charge on any atom is 0.161 e. The van der Waals surface area contributed by atoms with Crippen molar-refractivity contribution in [2.24, 2.45) is 0 Å². The molecule has 0 bridgehead atoms. The molecule has 5 heteroatoms. The summed E-state index contributed by atoms with van der Waals surface area (Å²) >= 11 is 0. The van der Waals surface area contributed by atoms with Gasteiger partial charge in [-0.2, -0.15) is 0 Å². The van der Waals surface area contributed by atoms with E-state index in [1.54, 1.807) is 0 Å². The number of rotatable bonds is 7. The van der Waals surface area contributed by atoms with Gasteiger partial charge in [-0.05, 0) is 30.7 Å². The summed E-state index contributed by atoms with van der Waals surface area (Å²) in [5.41, 5.74) is 1.25. The van der Waals surface area contributed by atoms with Gasteiger partial charge in [0.15, 0.2) is 11.5 Å². The van der Waals surface area contributed by atoms with E-state index in [2.05, 4.69) is 21.3 Å². The third-order valence-electron chi connectivity index (χ3n) is 4.21. The molecule has 5 nitrogen and oxygen atoms in total. The predicted octanol–water partition coefficient (Wildman–Crippen LogP) is 2.51. The summed E-state index contributed by atoms with van der Waals surface area (Å²) in [6.45, 7) is 7.10. The normalized spacial score (nSPS) is 18.3. The van der Waals surface area contributed by atoms with Crippen LogP contribution < -0.4 is 14.8 Å². The number of hydrogen-bond acceptors (Lipinski definition) is 5. The fourth-order valence-electron chi connectivity index (χ4n) is 3.03. The molecule has 3 rings (SSSR count). The molecule has 2 aromatic rings. The number of aromatic nitrogens is 1. The minimum absolute atomic E-state index is 0.346. The Bertz CT molecular complexity index is 621. The van der Waals surface area contributed by atoms with Gasteiger partial charge < -0.3 is 14.8 Å². The molecule has 0 amide bonds. The molecule has 1 atom stereocenters. The first kappa shape index (κ1) is 16.7. The van der Waals surface area contributed by atoms with Crippen molar-refractivity contribution < 1.29 is 9.47 Å². The van der Waals surface area contributed by atoms with E-state index in [9.17, 15) is 0 Å². The summed E-state index contributed by atoms with van der Waals surface area (Å²) in [7, 11) is 0. The van der Waals surface area contributed by atoms with Gasteiger partial charge in [-0.1, -0.05) is 18.2 Å². The fourth-order valence-corrected chi connectivity index (χ4v) is 3.03. The first-order valence-electron chi connectivity index (χ1n) is 8.58. The summed E-state index contributed by atoms with van der Waals surface area (Å²) in [6, 6.07) is 12.3. The van der Waals surface area contributed by atoms with E-state index in [0.717, 1.165) is 37.7 Å². The van der Waals surface area contributed by atoms with Crippen molar-refractivity contribution in [2.45, 2.75) is 13.0 Å². The Kier molecular flexibility index (Phi) is 6.04. The molecular weight excluding hydrogens is 302 g/mol. The van der Waals surface area contributed by atoms with Gasteiger partial charge in [0.05, 0.1) is 6.61 Å². The van der Waals surface area contributed by atoms with Crippen LogP contribution in [-0.4, -0.2) is 49.3 Å². The lowest BCUT2D eigenvalue weighted by atomic mass is 10.1. The van der Waals surface area contributed by atoms with Crippen molar-refractivity contribution in [1.29, 1.82) is 0 Å². The minimum Gasteiger partial charge on any atom is -0.490 e. The van der Waals surface area contributed by atoms with E-state index in [4.69, 9.17) is 9.47 Å². The van der Waals surface area contributed by atoms with Crippen LogP contribution in [0.2, 0.25) is 0 Å². The summed E-state index contributed by atoms with van der Waals surface area (Å²) in [5, 5.41) is 3.47. The van der Waals surface area contributed by atoms with E-state index in [1.807, 2.05) is 49.6 Å². The molecule has 2 heterocycles. The zero-order chi connectivity index (χ0) is 16.6. The molecule has 1 fully saturated rings. The number of benzene rings is 1. The number of ether oxygens (including phenoxy) is 2. The van der Waals surface area contributed by atoms with Gasteiger partial charge in [0.2, 0.25) is 0 Å². The first-order valence-corrected chi connectivity index (χ1v) is 8.58. The fraction of sp³-hybridized carbons (Fsp3) is 0.421. The number of nitrogens with zero attached hydrogens (tertiary/aromatic N) is 2. The Morgan fingerprint density at radius 3 is 2.75 bits per heavy atom. The third-order valence-corrected chi connectivity index (χ3v) is 4.21. The van der Waals surface area contributed by atoms with Crippen LogP contribution in [0.15, 0.2) is 48.8 Å². The number of hydrogen-bond donors (Lipinski definition) is 1. The highest BCUT2D eigenvalue weighted by Crippen LogP contribution is 2.27. The molecule has 1 aliphatic rings. The van der Waals surface area contributed by atoms with E-state index < -0.39 is 0 Å². The zero-order valence-corrected chi connectivity index (χ0v) is 14.1. The molecule has 1 aliphatic heterocycles. The largest absolute Gasteiger partial charge is 0.490 e. The van der Waals surface area contributed by atoms with Gasteiger partial charge in [0, 0.05) is 44.6 Å². The van der Waals surface area contributed by atoms with Gasteiger partial charge in [0.25, 0.3) is 0 Å². The van der Waals surface area contributed by atoms with Crippen LogP contribution >= 0.6 is 0 Å². The number of para-hydroxylation sites is 2. The standard InChI is InChI=1S/C19H25N3O2/c1-2-23-18-7-3-4-8-19(18)24-13-12-22-11-10-21-15-17(22)16-6-5-9-20-14-16/h3-9,14,17,21H,2,10-13,15H2,1H3. The molecule has 1 aromatic carbocycles. The molecule has 1 unspecified atom stereocenters. The highest BCUT2D eigenvalue weighted by atomic mass is 16.5. The third kappa shape index (κ3) is 4.24. The Hall–Kier alpha value is -2.11. The smallest absolute Gasteiger partial charge is 0.161 e. The minimum atomic E-state index is 0.346. The first-order chi connectivity index (χ1) is 11.9. The van der Waals surface area contributed by atoms with Crippen LogP contribution in [0.3, 0.4) is 0 Å². The molecule has 0 spiro atoms. The van der Waals surface area contributed by atoms with E-state index >= 15 is 0 Å². The predicted molar refractivity (Wildman–Crippen MR) is 94.5 cm³/mol. The molecule has 0 radical (unpaired) electrons. The molecule has 1 aromatic heterocycles. The van der Waals surface area contributed by atoms with Gasteiger partial charge in [0.1, 0.15) is 6.61 Å². The Morgan fingerprint density at radius 2 is 2.00 bits per heavy atom. The quantitative estimate of drug-likeness (QED) is 0.847. The van der Waals surface area contributed by atoms with Crippen LogP contribution in [0.25, 0.3) is 0 Å². The second-order valence-corrected chi connectivity index (χ2v) is 5.77. The van der Waals surface area contributed by atoms with Crippen molar-refractivity contribution in [3.05, 3.63) is 54.4 Å². The molecule has 0 saturated carbocycles. The maximum atomic E-state index is 5.97. The lowest BCUT2D eigenvalue weighted by Gasteiger charge is -2.36. The molecule has 0 aliphatic carbocycles. The summed E-state index contributed by atoms with van der Waals surface area (Å²) in [5.74, 6) is 1.62. The average molecular weight is 327 g/mol. The monoisotopic (exact) mass is 327 g/mol. The summed E-state index contributed by atoms with van der Waals surface area (Å²) < 4.78 is 11.6. The lowest BCUT2D eigenvalue weighted by molar-refractivity contribution is 0.132. The molecule has 1 N–H and O–H groups in total. The topological polar surface area (TPSA) is 46.6 Å². The van der Waals surface area contributed by atoms with Gasteiger partial charge in [-0.15, -0.1) is 0 Å². The van der Waals surface area contributed by atoms with Crippen molar-refractivity contribution in [1.82, 2.24) is 15.2 Å². The van der Waals surface area contributed by atoms with Gasteiger partial charge in [-0.25, -0.2) is 0 Å². The molecule has 128 valence electrons. The highest BCUT2D eigenvalue weighted by molar-refractivity contribution is 5.39. The van der Waals surface area contributed by atoms with Gasteiger partial charge >= 0.3 is 0 Å². The molecule has 1 saturated heterocycles. The Morgan fingerprint density at radius 1 is 1.17 bits per heavy atom. The maximum absolute atomic E-state index is 5.97. The summed E-state index contributed by atoms with van der Waals surface area (Å²) in [6.07, 6.45) is 3.77. The lowest BCUT2D eigenvalue weighted by Crippen LogP contribution is -2.47. The van der Waals surface area contributed by atoms with E-state index in [0.29, 0.717) is 19.3 Å². The second-order valence-electron chi connectivity index (χ2n) is 5.77. The zero-order valence-electron chi connectivity index (χ0n) is 14.1. The van der Waals surface area contributed by atoms with Crippen molar-refractivity contribution in [2.75, 3.05) is 39.4 Å². The highest BCUT2D eigenvalue weighted by Gasteiger charge is 2.23. The average Bonchev–Trinajstić information content (AvgIpc) is 2.64. The van der Waals surface area contributed by atoms with Crippen LogP contribution in [-0.2, 0) is 0 Å². The molecule has 24 heavy (non-hydrogen) atoms. The van der Waals surface area contributed by atoms with Crippen molar-refractivity contribution >= 4 is 0 Å². The van der Waals surface area contributed by atoms with Crippen molar-refractivity contribution in [3.63, 3.8) is 0 Å². The van der Waals surface area contributed by atoms with Crippen LogP contribution in [0.4, 0.5) is 0 Å². The van der Waals surface area contributed by atoms with Crippen LogP contribution in [0, 0.1) is 0 Å². The Labute approximate surface area is 143 Å². The van der Waals surface area contributed by atoms with Crippen LogP contribution in [0.1, 0.15) is 18.5 Å². The van der Waals surface area contributed by atoms with Crippen molar-refractivity contribution in [3.8, 4) is 11.5 Å². The van der Waals surface area contributed by atoms with E-state index in [-0.39, 0.29) is 0 Å². The number of pyridine rings is 1. The SMILES string of the molecule is CCOc1ccccc1OCCN1CCNCC1c1cccnc1. The number of nitrogens with one attached hydrogen (secondary N) is 1. The van der Waals surface area contributed by atoms with Gasteiger partial charge in [-0.3, -0.25) is 9.88 Å². The van der Waals surface area contributed by atoms with Crippen LogP contribution in [0.5, 0.6) is 11.5 Å². The second kappa shape index (κ2) is 8.66. The molecular formula is C19H25N3O2.